The molecule has 8 heteroatoms. The third-order valence-electron chi connectivity index (χ3n) is 3.73. The van der Waals surface area contributed by atoms with E-state index in [9.17, 15) is 17.6 Å². The summed E-state index contributed by atoms with van der Waals surface area (Å²) in [6.07, 6.45) is 3.24. The summed E-state index contributed by atoms with van der Waals surface area (Å²) >= 11 is 3.02. The van der Waals surface area contributed by atoms with Crippen molar-refractivity contribution >= 4 is 41.6 Å². The summed E-state index contributed by atoms with van der Waals surface area (Å²) in [6, 6.07) is 1.72. The fourth-order valence-corrected chi connectivity index (χ4v) is 4.52. The molecule has 4 nitrogen and oxygen atoms in total. The lowest BCUT2D eigenvalue weighted by molar-refractivity contribution is 0.0907. The zero-order valence-corrected chi connectivity index (χ0v) is 14.4. The van der Waals surface area contributed by atoms with Gasteiger partial charge in [0.2, 0.25) is 0 Å². The lowest BCUT2D eigenvalue weighted by Gasteiger charge is -2.32. The lowest BCUT2D eigenvalue weighted by Crippen LogP contribution is -2.40. The monoisotopic (exact) mass is 397 g/mol. The number of hydrogen-bond donors (Lipinski definition) is 1. The van der Waals surface area contributed by atoms with Crippen LogP contribution in [0.4, 0.5) is 4.39 Å². The number of nitrogens with one attached hydrogen (secondary N) is 1. The standard InChI is InChI=1S/C13H14BrClFNO3S/c1-7(8-3-2-4-8)17-13(18)10-5-9(16)6-11(12(10)14)21(15,19)20/h5-8H,2-4H2,1H3,(H,17,18). The van der Waals surface area contributed by atoms with E-state index in [0.29, 0.717) is 5.92 Å². The summed E-state index contributed by atoms with van der Waals surface area (Å²) in [5, 5.41) is 2.77. The van der Waals surface area contributed by atoms with Gasteiger partial charge in [-0.3, -0.25) is 4.79 Å². The first-order valence-electron chi connectivity index (χ1n) is 6.44. The van der Waals surface area contributed by atoms with Crippen molar-refractivity contribution in [2.24, 2.45) is 5.92 Å². The first-order valence-corrected chi connectivity index (χ1v) is 9.55. The van der Waals surface area contributed by atoms with E-state index in [1.165, 1.54) is 0 Å². The molecule has 1 N–H and O–H groups in total. The molecule has 0 heterocycles. The van der Waals surface area contributed by atoms with Gasteiger partial charge in [-0.05, 0) is 53.7 Å². The van der Waals surface area contributed by atoms with Gasteiger partial charge in [0.15, 0.2) is 0 Å². The highest BCUT2D eigenvalue weighted by atomic mass is 79.9. The number of rotatable bonds is 4. The van der Waals surface area contributed by atoms with Crippen molar-refractivity contribution in [3.05, 3.63) is 28.0 Å². The van der Waals surface area contributed by atoms with Crippen LogP contribution in [-0.4, -0.2) is 20.4 Å². The van der Waals surface area contributed by atoms with E-state index < -0.39 is 25.7 Å². The van der Waals surface area contributed by atoms with E-state index in [1.54, 1.807) is 0 Å². The molecule has 0 saturated heterocycles. The SMILES string of the molecule is CC(NC(=O)c1cc(F)cc(S(=O)(=O)Cl)c1Br)C1CCC1. The van der Waals surface area contributed by atoms with Gasteiger partial charge >= 0.3 is 0 Å². The van der Waals surface area contributed by atoms with E-state index in [2.05, 4.69) is 21.2 Å². The van der Waals surface area contributed by atoms with Gasteiger partial charge in [-0.15, -0.1) is 0 Å². The summed E-state index contributed by atoms with van der Waals surface area (Å²) in [5.74, 6) is -0.946. The van der Waals surface area contributed by atoms with Gasteiger partial charge in [0.05, 0.1) is 10.0 Å². The molecule has 0 bridgehead atoms. The predicted molar refractivity (Wildman–Crippen MR) is 81.4 cm³/mol. The normalized spacial score (nSPS) is 17.1. The van der Waals surface area contributed by atoms with Crippen molar-refractivity contribution in [2.45, 2.75) is 37.1 Å². The minimum Gasteiger partial charge on any atom is -0.349 e. The molecule has 1 aromatic carbocycles. The highest BCUT2D eigenvalue weighted by Crippen LogP contribution is 2.31. The Morgan fingerprint density at radius 1 is 1.48 bits per heavy atom. The molecule has 0 aliphatic heterocycles. The van der Waals surface area contributed by atoms with Crippen molar-refractivity contribution < 1.29 is 17.6 Å². The summed E-state index contributed by atoms with van der Waals surface area (Å²) in [4.78, 5) is 11.8. The number of hydrogen-bond acceptors (Lipinski definition) is 3. The third-order valence-corrected chi connectivity index (χ3v) is 6.19. The Hall–Kier alpha value is -0.660. The van der Waals surface area contributed by atoms with E-state index in [4.69, 9.17) is 10.7 Å². The molecule has 1 atom stereocenters. The molecule has 0 aromatic heterocycles. The largest absolute Gasteiger partial charge is 0.349 e. The van der Waals surface area contributed by atoms with Crippen LogP contribution in [0.15, 0.2) is 21.5 Å². The predicted octanol–water partition coefficient (Wildman–Crippen LogP) is 3.43. The molecule has 1 unspecified atom stereocenters. The molecule has 0 spiro atoms. The molecule has 116 valence electrons. The minimum absolute atomic E-state index is 0.0304. The van der Waals surface area contributed by atoms with Crippen LogP contribution in [0.2, 0.25) is 0 Å². The Bertz CT molecular complexity index is 676. The topological polar surface area (TPSA) is 63.2 Å². The van der Waals surface area contributed by atoms with Gasteiger partial charge in [-0.1, -0.05) is 6.42 Å². The maximum Gasteiger partial charge on any atom is 0.262 e. The Morgan fingerprint density at radius 3 is 2.57 bits per heavy atom. The maximum atomic E-state index is 13.5. The van der Waals surface area contributed by atoms with Crippen molar-refractivity contribution in [1.82, 2.24) is 5.32 Å². The Kier molecular flexibility index (Phi) is 4.95. The molecule has 1 aliphatic rings. The van der Waals surface area contributed by atoms with Crippen LogP contribution < -0.4 is 5.32 Å². The molecule has 1 aromatic rings. The number of carbonyl (C=O) groups excluding carboxylic acids is 1. The minimum atomic E-state index is -4.14. The van der Waals surface area contributed by atoms with Crippen molar-refractivity contribution in [1.29, 1.82) is 0 Å². The van der Waals surface area contributed by atoms with Crippen LogP contribution in [0.3, 0.4) is 0 Å². The van der Waals surface area contributed by atoms with Crippen molar-refractivity contribution in [3.8, 4) is 0 Å². The molecule has 1 aliphatic carbocycles. The summed E-state index contributed by atoms with van der Waals surface area (Å²) < 4.78 is 36.3. The number of carbonyl (C=O) groups is 1. The Morgan fingerprint density at radius 2 is 2.10 bits per heavy atom. The van der Waals surface area contributed by atoms with Crippen LogP contribution in [-0.2, 0) is 9.05 Å². The molecular formula is C13H14BrClFNO3S. The number of halogens is 3. The fourth-order valence-electron chi connectivity index (χ4n) is 2.25. The second-order valence-electron chi connectivity index (χ2n) is 5.16. The Labute approximate surface area is 135 Å². The second kappa shape index (κ2) is 6.22. The van der Waals surface area contributed by atoms with E-state index in [-0.39, 0.29) is 16.1 Å². The first kappa shape index (κ1) is 16.7. The van der Waals surface area contributed by atoms with Crippen LogP contribution in [0, 0.1) is 11.7 Å². The molecule has 1 fully saturated rings. The third kappa shape index (κ3) is 3.76. The number of amides is 1. The summed E-state index contributed by atoms with van der Waals surface area (Å²) in [6.45, 7) is 1.88. The van der Waals surface area contributed by atoms with E-state index >= 15 is 0 Å². The van der Waals surface area contributed by atoms with Crippen molar-refractivity contribution in [2.75, 3.05) is 0 Å². The Balaban J connectivity index is 2.30. The fraction of sp³-hybridized carbons (Fsp3) is 0.462. The van der Waals surface area contributed by atoms with Gasteiger partial charge in [0.25, 0.3) is 15.0 Å². The highest BCUT2D eigenvalue weighted by Gasteiger charge is 2.27. The van der Waals surface area contributed by atoms with Crippen LogP contribution >= 0.6 is 26.6 Å². The average Bonchev–Trinajstić information content (AvgIpc) is 2.27. The van der Waals surface area contributed by atoms with Gasteiger partial charge < -0.3 is 5.32 Å². The quantitative estimate of drug-likeness (QED) is 0.790. The second-order valence-corrected chi connectivity index (χ2v) is 8.48. The van der Waals surface area contributed by atoms with Crippen LogP contribution in [0.5, 0.6) is 0 Å². The maximum absolute atomic E-state index is 13.5. The van der Waals surface area contributed by atoms with Gasteiger partial charge in [0.1, 0.15) is 10.7 Å². The van der Waals surface area contributed by atoms with E-state index in [1.807, 2.05) is 6.92 Å². The first-order chi connectivity index (χ1) is 9.70. The molecule has 1 amide bonds. The van der Waals surface area contributed by atoms with Gasteiger partial charge in [-0.25, -0.2) is 12.8 Å². The molecule has 21 heavy (non-hydrogen) atoms. The lowest BCUT2D eigenvalue weighted by atomic mass is 9.80. The van der Waals surface area contributed by atoms with E-state index in [0.717, 1.165) is 31.4 Å². The highest BCUT2D eigenvalue weighted by molar-refractivity contribution is 9.10. The van der Waals surface area contributed by atoms with Crippen LogP contribution in [0.25, 0.3) is 0 Å². The smallest absolute Gasteiger partial charge is 0.262 e. The molecule has 1 saturated carbocycles. The molecular weight excluding hydrogens is 385 g/mol. The summed E-state index contributed by atoms with van der Waals surface area (Å²) in [7, 11) is 1.10. The average molecular weight is 399 g/mol. The van der Waals surface area contributed by atoms with Crippen molar-refractivity contribution in [3.63, 3.8) is 0 Å². The number of benzene rings is 1. The zero-order valence-electron chi connectivity index (χ0n) is 11.2. The zero-order chi connectivity index (χ0) is 15.8. The van der Waals surface area contributed by atoms with Crippen LogP contribution in [0.1, 0.15) is 36.5 Å². The van der Waals surface area contributed by atoms with Gasteiger partial charge in [-0.2, -0.15) is 0 Å². The van der Waals surface area contributed by atoms with Gasteiger partial charge in [0, 0.05) is 16.7 Å². The molecule has 2 rings (SSSR count). The molecule has 0 radical (unpaired) electrons. The summed E-state index contributed by atoms with van der Waals surface area (Å²) in [5.41, 5.74) is -0.0830.